The third-order valence-electron chi connectivity index (χ3n) is 9.97. The molecule has 3 unspecified atom stereocenters. The molecule has 2 heteroatoms. The van der Waals surface area contributed by atoms with Crippen molar-refractivity contribution >= 4 is 11.6 Å². The lowest BCUT2D eigenvalue weighted by Gasteiger charge is -2.64. The molecule has 2 aromatic carbocycles. The normalized spacial score (nSPS) is 39.2. The molecule has 7 rings (SSSR count). The van der Waals surface area contributed by atoms with Crippen LogP contribution in [0.15, 0.2) is 54.6 Å². The van der Waals surface area contributed by atoms with E-state index in [1.54, 1.807) is 11.1 Å². The Morgan fingerprint density at radius 1 is 0.844 bits per heavy atom. The summed E-state index contributed by atoms with van der Waals surface area (Å²) in [5.41, 5.74) is 4.00. The quantitative estimate of drug-likeness (QED) is 0.491. The molecule has 5 saturated carbocycles. The Morgan fingerprint density at radius 2 is 1.50 bits per heavy atom. The number of halogens is 1. The van der Waals surface area contributed by atoms with Crippen molar-refractivity contribution < 1.29 is 0 Å². The topological polar surface area (TPSA) is 12.0 Å². The van der Waals surface area contributed by atoms with Gasteiger partial charge in [0.1, 0.15) is 0 Å². The van der Waals surface area contributed by atoms with Gasteiger partial charge in [0.2, 0.25) is 0 Å². The van der Waals surface area contributed by atoms with Crippen LogP contribution in [0, 0.1) is 17.3 Å². The average molecular weight is 448 g/mol. The second-order valence-corrected chi connectivity index (χ2v) is 12.4. The van der Waals surface area contributed by atoms with Crippen molar-refractivity contribution in [2.75, 3.05) is 0 Å². The minimum Gasteiger partial charge on any atom is -0.311 e. The van der Waals surface area contributed by atoms with E-state index >= 15 is 0 Å². The summed E-state index contributed by atoms with van der Waals surface area (Å²) in [4.78, 5) is 0. The van der Waals surface area contributed by atoms with Gasteiger partial charge in [-0.05, 0) is 123 Å². The van der Waals surface area contributed by atoms with Crippen molar-refractivity contribution in [2.24, 2.45) is 17.3 Å². The summed E-state index contributed by atoms with van der Waals surface area (Å²) in [5, 5.41) is 5.07. The number of hydrogen-bond acceptors (Lipinski definition) is 1. The lowest BCUT2D eigenvalue weighted by Crippen LogP contribution is -2.61. The molecule has 0 amide bonds. The van der Waals surface area contributed by atoms with Crippen LogP contribution in [0.2, 0.25) is 5.02 Å². The Labute approximate surface area is 199 Å². The van der Waals surface area contributed by atoms with Crippen LogP contribution in [0.5, 0.6) is 0 Å². The summed E-state index contributed by atoms with van der Waals surface area (Å²) in [5.74, 6) is 2.60. The van der Waals surface area contributed by atoms with E-state index in [1.807, 2.05) is 0 Å². The van der Waals surface area contributed by atoms with E-state index in [2.05, 4.69) is 66.8 Å². The van der Waals surface area contributed by atoms with Gasteiger partial charge in [0.15, 0.2) is 0 Å². The molecule has 0 spiro atoms. The molecule has 5 aliphatic carbocycles. The van der Waals surface area contributed by atoms with Gasteiger partial charge in [-0.15, -0.1) is 0 Å². The van der Waals surface area contributed by atoms with Gasteiger partial charge in [-0.1, -0.05) is 54.1 Å². The Hall–Kier alpha value is -1.31. The molecular formula is C30H38ClN. The minimum absolute atomic E-state index is 0.398. The molecule has 5 aliphatic rings. The van der Waals surface area contributed by atoms with Crippen molar-refractivity contribution in [1.29, 1.82) is 0 Å². The third-order valence-corrected chi connectivity index (χ3v) is 10.2. The maximum atomic E-state index is 6.24. The van der Waals surface area contributed by atoms with Crippen LogP contribution >= 0.6 is 11.6 Å². The first-order valence-corrected chi connectivity index (χ1v) is 13.5. The van der Waals surface area contributed by atoms with E-state index in [9.17, 15) is 0 Å². The SMILES string of the molecule is CC(NC1CCC(c2ccccc2)CC1)C12CC3CC(CC(c4ccc(Cl)cc4)(C3)C1)C2. The van der Waals surface area contributed by atoms with E-state index in [4.69, 9.17) is 11.6 Å². The zero-order valence-corrected chi connectivity index (χ0v) is 20.3. The van der Waals surface area contributed by atoms with Crippen molar-refractivity contribution in [3.05, 3.63) is 70.7 Å². The Morgan fingerprint density at radius 3 is 2.16 bits per heavy atom. The number of rotatable bonds is 5. The molecule has 1 nitrogen and oxygen atoms in total. The molecule has 0 radical (unpaired) electrons. The molecule has 0 aromatic heterocycles. The van der Waals surface area contributed by atoms with E-state index < -0.39 is 0 Å². The second kappa shape index (κ2) is 8.17. The lowest BCUT2D eigenvalue weighted by atomic mass is 9.41. The van der Waals surface area contributed by atoms with Gasteiger partial charge in [0.05, 0.1) is 0 Å². The average Bonchev–Trinajstić information content (AvgIpc) is 2.80. The van der Waals surface area contributed by atoms with Gasteiger partial charge in [0.25, 0.3) is 0 Å². The lowest BCUT2D eigenvalue weighted by molar-refractivity contribution is -0.0901. The highest BCUT2D eigenvalue weighted by Gasteiger charge is 2.59. The van der Waals surface area contributed by atoms with Gasteiger partial charge in [-0.25, -0.2) is 0 Å². The number of hydrogen-bond donors (Lipinski definition) is 1. The predicted octanol–water partition coefficient (Wildman–Crippen LogP) is 7.88. The highest BCUT2D eigenvalue weighted by Crippen LogP contribution is 2.66. The van der Waals surface area contributed by atoms with Crippen LogP contribution in [-0.4, -0.2) is 12.1 Å². The Kier molecular flexibility index (Phi) is 5.42. The monoisotopic (exact) mass is 447 g/mol. The van der Waals surface area contributed by atoms with Crippen molar-refractivity contribution in [3.63, 3.8) is 0 Å². The summed E-state index contributed by atoms with van der Waals surface area (Å²) < 4.78 is 0. The van der Waals surface area contributed by atoms with Gasteiger partial charge >= 0.3 is 0 Å². The first-order chi connectivity index (χ1) is 15.5. The van der Waals surface area contributed by atoms with Crippen molar-refractivity contribution in [1.82, 2.24) is 5.32 Å². The Balaban J connectivity index is 1.16. The van der Waals surface area contributed by atoms with Gasteiger partial charge < -0.3 is 5.32 Å². The molecule has 0 aliphatic heterocycles. The summed E-state index contributed by atoms with van der Waals surface area (Å²) in [6.45, 7) is 2.53. The summed E-state index contributed by atoms with van der Waals surface area (Å²) in [7, 11) is 0. The van der Waals surface area contributed by atoms with Crippen LogP contribution < -0.4 is 5.32 Å². The first kappa shape index (κ1) is 21.2. The van der Waals surface area contributed by atoms with Crippen molar-refractivity contribution in [3.8, 4) is 0 Å². The van der Waals surface area contributed by atoms with Crippen LogP contribution in [0.4, 0.5) is 0 Å². The van der Waals surface area contributed by atoms with Gasteiger partial charge in [0, 0.05) is 17.1 Å². The fourth-order valence-electron chi connectivity index (χ4n) is 8.83. The maximum Gasteiger partial charge on any atom is 0.0406 e. The summed E-state index contributed by atoms with van der Waals surface area (Å²) in [6.07, 6.45) is 13.9. The third kappa shape index (κ3) is 3.74. The van der Waals surface area contributed by atoms with E-state index in [1.165, 1.54) is 64.2 Å². The number of nitrogens with one attached hydrogen (secondary N) is 1. The smallest absolute Gasteiger partial charge is 0.0406 e. The summed E-state index contributed by atoms with van der Waals surface area (Å²) in [6, 6.07) is 21.4. The highest BCUT2D eigenvalue weighted by molar-refractivity contribution is 6.30. The van der Waals surface area contributed by atoms with E-state index in [-0.39, 0.29) is 0 Å². The van der Waals surface area contributed by atoms with Gasteiger partial charge in [-0.2, -0.15) is 0 Å². The molecule has 0 heterocycles. The fourth-order valence-corrected chi connectivity index (χ4v) is 8.96. The molecule has 3 atom stereocenters. The fraction of sp³-hybridized carbons (Fsp3) is 0.600. The van der Waals surface area contributed by atoms with Crippen LogP contribution in [0.3, 0.4) is 0 Å². The molecule has 170 valence electrons. The molecule has 2 aromatic rings. The molecular weight excluding hydrogens is 410 g/mol. The standard InChI is InChI=1S/C30H38ClN/c1-21(32-28-13-7-25(8-14-28)24-5-3-2-4-6-24)29-16-22-15-23(17-29)19-30(18-22,20-29)26-9-11-27(31)12-10-26/h2-6,9-12,21-23,25,28,32H,7-8,13-20H2,1H3. The van der Waals surface area contributed by atoms with Crippen LogP contribution in [-0.2, 0) is 5.41 Å². The second-order valence-electron chi connectivity index (χ2n) is 12.0. The van der Waals surface area contributed by atoms with E-state index in [0.717, 1.165) is 22.8 Å². The zero-order valence-electron chi connectivity index (χ0n) is 19.5. The van der Waals surface area contributed by atoms with Crippen LogP contribution in [0.25, 0.3) is 0 Å². The van der Waals surface area contributed by atoms with Gasteiger partial charge in [-0.3, -0.25) is 0 Å². The summed E-state index contributed by atoms with van der Waals surface area (Å²) >= 11 is 6.24. The predicted molar refractivity (Wildman–Crippen MR) is 134 cm³/mol. The van der Waals surface area contributed by atoms with Crippen LogP contribution in [0.1, 0.15) is 88.2 Å². The highest BCUT2D eigenvalue weighted by atomic mass is 35.5. The zero-order chi connectivity index (χ0) is 21.8. The molecule has 1 N–H and O–H groups in total. The Bertz CT molecular complexity index is 913. The molecule has 0 saturated heterocycles. The largest absolute Gasteiger partial charge is 0.311 e. The maximum absolute atomic E-state index is 6.24. The minimum atomic E-state index is 0.398. The molecule has 32 heavy (non-hydrogen) atoms. The molecule has 5 fully saturated rings. The van der Waals surface area contributed by atoms with Crippen molar-refractivity contribution in [2.45, 2.75) is 94.5 Å². The number of benzene rings is 2. The van der Waals surface area contributed by atoms with E-state index in [0.29, 0.717) is 22.9 Å². The molecule has 4 bridgehead atoms. The first-order valence-electron chi connectivity index (χ1n) is 13.1.